The summed E-state index contributed by atoms with van der Waals surface area (Å²) in [6.45, 7) is 1.61. The first-order valence-corrected chi connectivity index (χ1v) is 9.77. The number of halogens is 2. The number of anilines is 1. The Hall–Kier alpha value is -2.12. The predicted molar refractivity (Wildman–Crippen MR) is 107 cm³/mol. The number of benzene rings is 1. The molecule has 1 aromatic carbocycles. The molecule has 2 aromatic rings. The molecule has 1 N–H and O–H groups in total. The van der Waals surface area contributed by atoms with Crippen molar-refractivity contribution in [1.82, 2.24) is 10.3 Å². The van der Waals surface area contributed by atoms with Crippen molar-refractivity contribution in [3.05, 3.63) is 57.3 Å². The summed E-state index contributed by atoms with van der Waals surface area (Å²) in [6.07, 6.45) is 3.38. The Morgan fingerprint density at radius 2 is 2.04 bits per heavy atom. The third-order valence-electron chi connectivity index (χ3n) is 4.46. The number of alkyl carbamates (subject to hydrolysis) is 1. The van der Waals surface area contributed by atoms with Gasteiger partial charge >= 0.3 is 6.09 Å². The summed E-state index contributed by atoms with van der Waals surface area (Å²) in [5.41, 5.74) is 2.07. The van der Waals surface area contributed by atoms with E-state index in [4.69, 9.17) is 16.3 Å². The van der Waals surface area contributed by atoms with Gasteiger partial charge in [0, 0.05) is 25.3 Å². The summed E-state index contributed by atoms with van der Waals surface area (Å²) in [5, 5.41) is 3.10. The monoisotopic (exact) mass is 451 g/mol. The second kappa shape index (κ2) is 9.19. The lowest BCUT2D eigenvalue weighted by atomic mass is 10.0. The van der Waals surface area contributed by atoms with Crippen LogP contribution >= 0.6 is 27.5 Å². The van der Waals surface area contributed by atoms with Crippen LogP contribution in [-0.2, 0) is 11.3 Å². The fourth-order valence-corrected chi connectivity index (χ4v) is 3.82. The molecule has 0 spiro atoms. The van der Waals surface area contributed by atoms with Crippen LogP contribution in [0.25, 0.3) is 0 Å². The van der Waals surface area contributed by atoms with Gasteiger partial charge in [-0.25, -0.2) is 9.78 Å². The molecule has 0 unspecified atom stereocenters. The van der Waals surface area contributed by atoms with Gasteiger partial charge in [-0.1, -0.05) is 41.9 Å². The second-order valence-corrected chi connectivity index (χ2v) is 7.46. The first-order chi connectivity index (χ1) is 13.1. The van der Waals surface area contributed by atoms with Crippen molar-refractivity contribution in [3.63, 3.8) is 0 Å². The number of hydrogen-bond donors (Lipinski definition) is 1. The van der Waals surface area contributed by atoms with Crippen LogP contribution in [0.5, 0.6) is 0 Å². The van der Waals surface area contributed by atoms with Crippen molar-refractivity contribution >= 4 is 45.6 Å². The molecule has 27 heavy (non-hydrogen) atoms. The van der Waals surface area contributed by atoms with Gasteiger partial charge in [-0.3, -0.25) is 4.79 Å². The molecule has 2 heterocycles. The highest BCUT2D eigenvalue weighted by Crippen LogP contribution is 2.34. The van der Waals surface area contributed by atoms with Gasteiger partial charge < -0.3 is 15.0 Å². The zero-order chi connectivity index (χ0) is 19.2. The van der Waals surface area contributed by atoms with E-state index in [-0.39, 0.29) is 17.8 Å². The van der Waals surface area contributed by atoms with E-state index in [1.807, 2.05) is 30.3 Å². The first-order valence-electron chi connectivity index (χ1n) is 8.60. The van der Waals surface area contributed by atoms with E-state index >= 15 is 0 Å². The van der Waals surface area contributed by atoms with Gasteiger partial charge in [-0.2, -0.15) is 0 Å². The minimum atomic E-state index is -0.418. The Labute approximate surface area is 171 Å². The number of pyridine rings is 1. The molecule has 3 rings (SSSR count). The number of nitrogens with one attached hydrogen (secondary N) is 1. The number of rotatable bonds is 5. The van der Waals surface area contributed by atoms with Gasteiger partial charge in [0.1, 0.15) is 11.8 Å². The number of aldehydes is 1. The molecule has 1 fully saturated rings. The Bertz CT molecular complexity index is 811. The lowest BCUT2D eigenvalue weighted by Gasteiger charge is -2.35. The van der Waals surface area contributed by atoms with Crippen LogP contribution in [0.1, 0.15) is 28.8 Å². The smallest absolute Gasteiger partial charge is 0.407 e. The molecule has 6 nitrogen and oxygen atoms in total. The molecule has 1 aromatic heterocycles. The normalized spacial score (nSPS) is 14.7. The average molecular weight is 453 g/mol. The van der Waals surface area contributed by atoms with E-state index in [2.05, 4.69) is 31.1 Å². The van der Waals surface area contributed by atoms with E-state index in [0.717, 1.165) is 34.9 Å². The Kier molecular flexibility index (Phi) is 6.68. The molecule has 1 aliphatic rings. The van der Waals surface area contributed by atoms with Gasteiger partial charge in [0.2, 0.25) is 0 Å². The van der Waals surface area contributed by atoms with Crippen molar-refractivity contribution in [2.75, 3.05) is 18.0 Å². The van der Waals surface area contributed by atoms with Crippen LogP contribution < -0.4 is 10.2 Å². The highest BCUT2D eigenvalue weighted by atomic mass is 79.9. The molecule has 1 aliphatic heterocycles. The SMILES string of the molecule is O=Cc1c(Cl)ncc(Br)c1N1CCC(NC(=O)OCc2ccccc2)CC1. The zero-order valence-electron chi connectivity index (χ0n) is 14.5. The lowest BCUT2D eigenvalue weighted by molar-refractivity contribution is 0.112. The minimum Gasteiger partial charge on any atom is -0.445 e. The molecule has 0 radical (unpaired) electrons. The molecule has 1 saturated heterocycles. The number of aromatic nitrogens is 1. The number of nitrogens with zero attached hydrogens (tertiary/aromatic N) is 2. The summed E-state index contributed by atoms with van der Waals surface area (Å²) in [4.78, 5) is 29.5. The van der Waals surface area contributed by atoms with E-state index < -0.39 is 6.09 Å². The quantitative estimate of drug-likeness (QED) is 0.544. The summed E-state index contributed by atoms with van der Waals surface area (Å²) in [5.74, 6) is 0. The van der Waals surface area contributed by atoms with Crippen molar-refractivity contribution in [3.8, 4) is 0 Å². The number of carbonyl (C=O) groups excluding carboxylic acids is 2. The number of hydrogen-bond acceptors (Lipinski definition) is 5. The Morgan fingerprint density at radius 3 is 2.70 bits per heavy atom. The Morgan fingerprint density at radius 1 is 1.33 bits per heavy atom. The first kappa shape index (κ1) is 19.6. The highest BCUT2D eigenvalue weighted by Gasteiger charge is 2.25. The van der Waals surface area contributed by atoms with Crippen LogP contribution in [0.2, 0.25) is 5.15 Å². The van der Waals surface area contributed by atoms with Crippen molar-refractivity contribution in [1.29, 1.82) is 0 Å². The molecular weight excluding hydrogens is 434 g/mol. The number of ether oxygens (including phenoxy) is 1. The summed E-state index contributed by atoms with van der Waals surface area (Å²) < 4.78 is 6.00. The van der Waals surface area contributed by atoms with Crippen LogP contribution in [0.4, 0.5) is 10.5 Å². The zero-order valence-corrected chi connectivity index (χ0v) is 16.9. The summed E-state index contributed by atoms with van der Waals surface area (Å²) >= 11 is 9.48. The number of amides is 1. The third kappa shape index (κ3) is 4.99. The summed E-state index contributed by atoms with van der Waals surface area (Å²) in [7, 11) is 0. The maximum absolute atomic E-state index is 12.0. The van der Waals surface area contributed by atoms with Crippen molar-refractivity contribution < 1.29 is 14.3 Å². The maximum atomic E-state index is 12.0. The molecular formula is C19H19BrClN3O3. The molecule has 0 aliphatic carbocycles. The largest absolute Gasteiger partial charge is 0.445 e. The van der Waals surface area contributed by atoms with Gasteiger partial charge in [0.25, 0.3) is 0 Å². The fraction of sp³-hybridized carbons (Fsp3) is 0.316. The highest BCUT2D eigenvalue weighted by molar-refractivity contribution is 9.10. The van der Waals surface area contributed by atoms with E-state index in [0.29, 0.717) is 18.7 Å². The van der Waals surface area contributed by atoms with Crippen LogP contribution in [0.3, 0.4) is 0 Å². The van der Waals surface area contributed by atoms with Gasteiger partial charge in [0.15, 0.2) is 6.29 Å². The van der Waals surface area contributed by atoms with Crippen LogP contribution in [-0.4, -0.2) is 36.5 Å². The van der Waals surface area contributed by atoms with E-state index in [9.17, 15) is 9.59 Å². The third-order valence-corrected chi connectivity index (χ3v) is 5.34. The standard InChI is InChI=1S/C19H19BrClN3O3/c20-16-10-22-18(21)15(11-25)17(16)24-8-6-14(7-9-24)23-19(26)27-12-13-4-2-1-3-5-13/h1-5,10-11,14H,6-9,12H2,(H,23,26). The van der Waals surface area contributed by atoms with Crippen molar-refractivity contribution in [2.45, 2.75) is 25.5 Å². The van der Waals surface area contributed by atoms with Gasteiger partial charge in [0.05, 0.1) is 15.7 Å². The molecule has 1 amide bonds. The van der Waals surface area contributed by atoms with Crippen LogP contribution in [0.15, 0.2) is 41.0 Å². The maximum Gasteiger partial charge on any atom is 0.407 e. The minimum absolute atomic E-state index is 0.0280. The molecule has 142 valence electrons. The number of piperidine rings is 1. The molecule has 0 atom stereocenters. The topological polar surface area (TPSA) is 71.5 Å². The molecule has 0 bridgehead atoms. The number of carbonyl (C=O) groups is 2. The van der Waals surface area contributed by atoms with Gasteiger partial charge in [-0.15, -0.1) is 0 Å². The van der Waals surface area contributed by atoms with Crippen LogP contribution in [0, 0.1) is 0 Å². The summed E-state index contributed by atoms with van der Waals surface area (Å²) in [6, 6.07) is 9.58. The molecule has 0 saturated carbocycles. The lowest BCUT2D eigenvalue weighted by Crippen LogP contribution is -2.45. The van der Waals surface area contributed by atoms with E-state index in [1.165, 1.54) is 0 Å². The average Bonchev–Trinajstić information content (AvgIpc) is 2.69. The van der Waals surface area contributed by atoms with Gasteiger partial charge in [-0.05, 0) is 34.3 Å². The van der Waals surface area contributed by atoms with E-state index in [1.54, 1.807) is 6.20 Å². The second-order valence-electron chi connectivity index (χ2n) is 6.24. The van der Waals surface area contributed by atoms with Crippen molar-refractivity contribution in [2.24, 2.45) is 0 Å². The molecule has 8 heteroatoms. The fourth-order valence-electron chi connectivity index (χ4n) is 3.08. The Balaban J connectivity index is 1.53. The predicted octanol–water partition coefficient (Wildman–Crippen LogP) is 4.21.